The van der Waals surface area contributed by atoms with E-state index in [9.17, 15) is 18.8 Å². The van der Waals surface area contributed by atoms with Crippen LogP contribution in [-0.4, -0.2) is 35.3 Å². The van der Waals surface area contributed by atoms with Gasteiger partial charge in [-0.3, -0.25) is 14.2 Å². The van der Waals surface area contributed by atoms with E-state index >= 15 is 0 Å². The van der Waals surface area contributed by atoms with Crippen LogP contribution < -0.4 is 16.6 Å². The van der Waals surface area contributed by atoms with E-state index < -0.39 is 23.1 Å². The minimum absolute atomic E-state index is 0.156. The Bertz CT molecular complexity index is 1150. The van der Waals surface area contributed by atoms with Gasteiger partial charge in [0.1, 0.15) is 11.9 Å². The highest BCUT2D eigenvalue weighted by Crippen LogP contribution is 2.18. The number of nitrogens with one attached hydrogen (secondary N) is 1. The Morgan fingerprint density at radius 3 is 2.52 bits per heavy atom. The fraction of sp³-hybridized carbons (Fsp3) is 0.286. The lowest BCUT2D eigenvalue weighted by Gasteiger charge is -2.21. The van der Waals surface area contributed by atoms with Gasteiger partial charge in [0.05, 0.1) is 23.2 Å². The number of carbonyl (C=O) groups is 1. The highest BCUT2D eigenvalue weighted by Gasteiger charge is 2.25. The Labute approximate surface area is 166 Å². The topological polar surface area (TPSA) is 82.3 Å². The Morgan fingerprint density at radius 1 is 1.14 bits per heavy atom. The fourth-order valence-corrected chi connectivity index (χ4v) is 3.31. The molecule has 1 heterocycles. The summed E-state index contributed by atoms with van der Waals surface area (Å²) in [6.45, 7) is 2.37. The summed E-state index contributed by atoms with van der Waals surface area (Å²) < 4.78 is 21.4. The van der Waals surface area contributed by atoms with Crippen LogP contribution in [0.5, 0.6) is 0 Å². The maximum absolute atomic E-state index is 14.4. The van der Waals surface area contributed by atoms with Crippen LogP contribution in [0.3, 0.4) is 0 Å². The van der Waals surface area contributed by atoms with E-state index in [-0.39, 0.29) is 23.5 Å². The molecule has 2 aromatic carbocycles. The summed E-state index contributed by atoms with van der Waals surface area (Å²) in [5.74, 6) is -1.08. The fourth-order valence-electron chi connectivity index (χ4n) is 3.31. The van der Waals surface area contributed by atoms with Crippen LogP contribution in [-0.2, 0) is 9.53 Å². The molecule has 1 amide bonds. The molecule has 152 valence electrons. The van der Waals surface area contributed by atoms with Crippen LogP contribution in [0.2, 0.25) is 0 Å². The number of methoxy groups -OCH3 is 1. The molecule has 1 aromatic heterocycles. The third-order valence-corrected chi connectivity index (χ3v) is 4.69. The number of fused-ring (bicyclic) bond motifs is 1. The third kappa shape index (κ3) is 3.84. The maximum Gasteiger partial charge on any atom is 0.336 e. The molecule has 3 aromatic rings. The van der Waals surface area contributed by atoms with Crippen LogP contribution in [0.15, 0.2) is 58.1 Å². The van der Waals surface area contributed by atoms with Gasteiger partial charge in [-0.25, -0.2) is 13.8 Å². The van der Waals surface area contributed by atoms with Crippen molar-refractivity contribution in [3.8, 4) is 5.69 Å². The van der Waals surface area contributed by atoms with Gasteiger partial charge >= 0.3 is 5.69 Å². The summed E-state index contributed by atoms with van der Waals surface area (Å²) in [6, 6.07) is 11.2. The molecule has 8 heteroatoms. The molecule has 0 saturated carbocycles. The second-order valence-corrected chi connectivity index (χ2v) is 6.47. The summed E-state index contributed by atoms with van der Waals surface area (Å²) in [6.07, 6.45) is 0.304. The Balaban J connectivity index is 2.29. The van der Waals surface area contributed by atoms with Crippen LogP contribution >= 0.6 is 0 Å². The van der Waals surface area contributed by atoms with Crippen molar-refractivity contribution in [1.29, 1.82) is 0 Å². The number of amides is 1. The monoisotopic (exact) mass is 399 g/mol. The molecule has 0 bridgehead atoms. The number of rotatable bonds is 7. The van der Waals surface area contributed by atoms with Crippen molar-refractivity contribution in [2.75, 3.05) is 20.3 Å². The van der Waals surface area contributed by atoms with Crippen LogP contribution in [0.4, 0.5) is 4.39 Å². The maximum atomic E-state index is 14.4. The van der Waals surface area contributed by atoms with Gasteiger partial charge in [0.15, 0.2) is 0 Å². The second-order valence-electron chi connectivity index (χ2n) is 6.47. The minimum Gasteiger partial charge on any atom is -0.383 e. The van der Waals surface area contributed by atoms with Crippen LogP contribution in [0.25, 0.3) is 16.6 Å². The Morgan fingerprint density at radius 2 is 1.83 bits per heavy atom. The molecule has 0 fully saturated rings. The summed E-state index contributed by atoms with van der Waals surface area (Å²) in [4.78, 5) is 39.1. The predicted octanol–water partition coefficient (Wildman–Crippen LogP) is 2.01. The largest absolute Gasteiger partial charge is 0.383 e. The van der Waals surface area contributed by atoms with E-state index in [1.807, 2.05) is 0 Å². The molecule has 29 heavy (non-hydrogen) atoms. The average Bonchev–Trinajstić information content (AvgIpc) is 2.72. The molecule has 0 aliphatic rings. The van der Waals surface area contributed by atoms with E-state index in [1.54, 1.807) is 37.3 Å². The zero-order valence-electron chi connectivity index (χ0n) is 16.2. The number of halogens is 1. The molecule has 1 atom stereocenters. The quantitative estimate of drug-likeness (QED) is 0.616. The summed E-state index contributed by atoms with van der Waals surface area (Å²) in [7, 11) is 1.52. The highest BCUT2D eigenvalue weighted by atomic mass is 19.1. The molecule has 3 rings (SSSR count). The van der Waals surface area contributed by atoms with Gasteiger partial charge in [-0.15, -0.1) is 0 Å². The van der Waals surface area contributed by atoms with E-state index in [4.69, 9.17) is 4.74 Å². The van der Waals surface area contributed by atoms with Crippen LogP contribution in [0.1, 0.15) is 19.4 Å². The summed E-state index contributed by atoms with van der Waals surface area (Å²) in [5, 5.41) is 2.95. The number of hydrogen-bond acceptors (Lipinski definition) is 4. The molecule has 7 nitrogen and oxygen atoms in total. The Kier molecular flexibility index (Phi) is 6.23. The standard InChI is InChI=1S/C21H22FN3O4/c1-3-16(19(26)23-12-13-29-2)24-17-10-6-4-8-14(17)20(27)25(21(24)28)18-11-7-5-9-15(18)22/h4-11,16H,3,12-13H2,1-2H3,(H,23,26)/t16-/m0/s1. The summed E-state index contributed by atoms with van der Waals surface area (Å²) in [5.41, 5.74) is -1.24. The lowest BCUT2D eigenvalue weighted by atomic mass is 10.1. The molecule has 1 N–H and O–H groups in total. The first-order valence-electron chi connectivity index (χ1n) is 9.29. The van der Waals surface area contributed by atoms with Crippen molar-refractivity contribution < 1.29 is 13.9 Å². The molecule has 0 radical (unpaired) electrons. The van der Waals surface area contributed by atoms with Crippen molar-refractivity contribution in [1.82, 2.24) is 14.5 Å². The van der Waals surface area contributed by atoms with Crippen molar-refractivity contribution in [3.05, 3.63) is 75.2 Å². The molecule has 0 saturated heterocycles. The number of benzene rings is 2. The van der Waals surface area contributed by atoms with Crippen LogP contribution in [0, 0.1) is 5.82 Å². The van der Waals surface area contributed by atoms with Gasteiger partial charge < -0.3 is 10.1 Å². The minimum atomic E-state index is -0.872. The van der Waals surface area contributed by atoms with Crippen molar-refractivity contribution in [2.45, 2.75) is 19.4 Å². The predicted molar refractivity (Wildman–Crippen MR) is 108 cm³/mol. The lowest BCUT2D eigenvalue weighted by molar-refractivity contribution is -0.124. The smallest absolute Gasteiger partial charge is 0.336 e. The summed E-state index contributed by atoms with van der Waals surface area (Å²) >= 11 is 0. The molecular weight excluding hydrogens is 377 g/mol. The number of ether oxygens (including phenoxy) is 1. The Hall–Kier alpha value is -3.26. The zero-order valence-corrected chi connectivity index (χ0v) is 16.2. The number of para-hydroxylation sites is 2. The molecule has 0 spiro atoms. The first-order chi connectivity index (χ1) is 14.0. The highest BCUT2D eigenvalue weighted by molar-refractivity contribution is 5.84. The van der Waals surface area contributed by atoms with Gasteiger partial charge in [0, 0.05) is 13.7 Å². The van der Waals surface area contributed by atoms with E-state index in [1.165, 1.54) is 29.9 Å². The SMILES string of the molecule is CC[C@@H](C(=O)NCCOC)n1c(=O)n(-c2ccccc2F)c(=O)c2ccccc21. The normalized spacial score (nSPS) is 12.1. The number of nitrogens with zero attached hydrogens (tertiary/aromatic N) is 2. The molecule has 0 unspecified atom stereocenters. The van der Waals surface area contributed by atoms with Crippen molar-refractivity contribution in [3.63, 3.8) is 0 Å². The number of carbonyl (C=O) groups excluding carboxylic acids is 1. The average molecular weight is 399 g/mol. The van der Waals surface area contributed by atoms with Crippen molar-refractivity contribution in [2.24, 2.45) is 0 Å². The van der Waals surface area contributed by atoms with Gasteiger partial charge in [-0.2, -0.15) is 0 Å². The second kappa shape index (κ2) is 8.83. The molecule has 0 aliphatic heterocycles. The van der Waals surface area contributed by atoms with Gasteiger partial charge in [-0.05, 0) is 30.7 Å². The zero-order chi connectivity index (χ0) is 21.0. The van der Waals surface area contributed by atoms with E-state index in [2.05, 4.69) is 5.32 Å². The number of hydrogen-bond donors (Lipinski definition) is 1. The molecule has 0 aliphatic carbocycles. The van der Waals surface area contributed by atoms with E-state index in [0.717, 1.165) is 4.57 Å². The third-order valence-electron chi connectivity index (χ3n) is 4.69. The number of aromatic nitrogens is 2. The first-order valence-corrected chi connectivity index (χ1v) is 9.29. The van der Waals surface area contributed by atoms with Gasteiger partial charge in [0.2, 0.25) is 5.91 Å². The molecular formula is C21H22FN3O4. The van der Waals surface area contributed by atoms with E-state index in [0.29, 0.717) is 18.5 Å². The first kappa shape index (κ1) is 20.5. The van der Waals surface area contributed by atoms with Crippen molar-refractivity contribution >= 4 is 16.8 Å². The lowest BCUT2D eigenvalue weighted by Crippen LogP contribution is -2.45. The van der Waals surface area contributed by atoms with Gasteiger partial charge in [0.25, 0.3) is 5.56 Å². The van der Waals surface area contributed by atoms with Gasteiger partial charge in [-0.1, -0.05) is 31.2 Å².